The molecule has 10 nitrogen and oxygen atoms in total. The van der Waals surface area contributed by atoms with Crippen molar-refractivity contribution in [3.05, 3.63) is 66.5 Å². The van der Waals surface area contributed by atoms with Gasteiger partial charge in [0.2, 0.25) is 6.41 Å². The molecule has 5 rings (SSSR count). The molecule has 1 amide bonds. The van der Waals surface area contributed by atoms with Crippen molar-refractivity contribution in [3.63, 3.8) is 0 Å². The zero-order chi connectivity index (χ0) is 24.2. The van der Waals surface area contributed by atoms with E-state index in [1.54, 1.807) is 0 Å². The van der Waals surface area contributed by atoms with Crippen molar-refractivity contribution in [2.24, 2.45) is 22.6 Å². The number of nitrogens with zero attached hydrogens (tertiary/aromatic N) is 5. The number of likely N-dealkylation sites (tertiary alicyclic amines) is 1. The number of fused-ring (bicyclic) bond motifs is 2. The minimum atomic E-state index is -0.578. The van der Waals surface area contributed by atoms with Crippen molar-refractivity contribution in [2.45, 2.75) is 13.0 Å². The molecule has 0 radical (unpaired) electrons. The van der Waals surface area contributed by atoms with Crippen LogP contribution in [-0.4, -0.2) is 52.4 Å². The van der Waals surface area contributed by atoms with Gasteiger partial charge in [-0.05, 0) is 19.1 Å². The molecule has 5 N–H and O–H groups in total. The Bertz CT molecular complexity index is 1240. The van der Waals surface area contributed by atoms with E-state index >= 15 is 0 Å². The van der Waals surface area contributed by atoms with Gasteiger partial charge in [0, 0.05) is 49.4 Å². The third-order valence-corrected chi connectivity index (χ3v) is 5.74. The predicted molar refractivity (Wildman–Crippen MR) is 128 cm³/mol. The van der Waals surface area contributed by atoms with E-state index in [4.69, 9.17) is 11.6 Å². The van der Waals surface area contributed by atoms with Gasteiger partial charge in [0.25, 0.3) is 0 Å². The molecule has 2 atom stereocenters. The summed E-state index contributed by atoms with van der Waals surface area (Å²) >= 11 is 0. The Morgan fingerprint density at radius 2 is 2.06 bits per heavy atom. The first kappa shape index (κ1) is 22.9. The molecule has 2 aliphatic rings. The summed E-state index contributed by atoms with van der Waals surface area (Å²) in [7, 11) is 0. The van der Waals surface area contributed by atoms with E-state index in [9.17, 15) is 14.0 Å². The third kappa shape index (κ3) is 4.33. The number of amides is 1. The van der Waals surface area contributed by atoms with Gasteiger partial charge >= 0.3 is 0 Å². The number of pyridine rings is 1. The van der Waals surface area contributed by atoms with Crippen LogP contribution in [0.2, 0.25) is 0 Å². The number of nitrogens with one attached hydrogen (secondary N) is 1. The van der Waals surface area contributed by atoms with E-state index in [2.05, 4.69) is 15.1 Å². The number of nitrogens with two attached hydrogens (primary N) is 2. The predicted octanol–water partition coefficient (Wildman–Crippen LogP) is 1.96. The molecule has 176 valence electrons. The second kappa shape index (κ2) is 9.71. The highest BCUT2D eigenvalue weighted by molar-refractivity contribution is 6.09. The molecule has 2 unspecified atom stereocenters. The van der Waals surface area contributed by atoms with Crippen molar-refractivity contribution in [1.82, 2.24) is 14.9 Å². The quantitative estimate of drug-likeness (QED) is 0.227. The summed E-state index contributed by atoms with van der Waals surface area (Å²) in [6, 6.07) is 10.4. The van der Waals surface area contributed by atoms with Crippen LogP contribution in [0.4, 0.5) is 15.9 Å². The molecule has 4 heterocycles. The molecule has 0 aliphatic carbocycles. The number of hydrogen-bond acceptors (Lipinski definition) is 8. The Labute approximate surface area is 195 Å². The maximum atomic E-state index is 13.7. The zero-order valence-corrected chi connectivity index (χ0v) is 18.5. The van der Waals surface area contributed by atoms with E-state index in [0.717, 1.165) is 36.4 Å². The highest BCUT2D eigenvalue weighted by Crippen LogP contribution is 2.30. The molecule has 0 saturated carbocycles. The van der Waals surface area contributed by atoms with Crippen molar-refractivity contribution >= 4 is 40.8 Å². The summed E-state index contributed by atoms with van der Waals surface area (Å²) in [5.74, 6) is 5.52. The van der Waals surface area contributed by atoms with Crippen molar-refractivity contribution in [2.75, 3.05) is 23.1 Å². The zero-order valence-electron chi connectivity index (χ0n) is 18.5. The van der Waals surface area contributed by atoms with E-state index in [-0.39, 0.29) is 22.6 Å². The number of carbonyl (C=O) groups is 2. The van der Waals surface area contributed by atoms with E-state index in [0.29, 0.717) is 17.5 Å². The van der Waals surface area contributed by atoms with Crippen LogP contribution >= 0.6 is 0 Å². The Morgan fingerprint density at radius 1 is 1.29 bits per heavy atom. The summed E-state index contributed by atoms with van der Waals surface area (Å²) in [6.07, 6.45) is 7.93. The van der Waals surface area contributed by atoms with Gasteiger partial charge in [-0.2, -0.15) is 5.10 Å². The van der Waals surface area contributed by atoms with Crippen LogP contribution in [-0.2, 0) is 4.79 Å². The summed E-state index contributed by atoms with van der Waals surface area (Å²) < 4.78 is 13.7. The summed E-state index contributed by atoms with van der Waals surface area (Å²) in [6.45, 7) is 2.92. The number of aromatic nitrogens is 2. The number of hydrazine groups is 1. The number of halogens is 1. The Hall–Kier alpha value is -4.25. The Morgan fingerprint density at radius 3 is 2.74 bits per heavy atom. The van der Waals surface area contributed by atoms with Crippen LogP contribution in [0.1, 0.15) is 17.3 Å². The summed E-state index contributed by atoms with van der Waals surface area (Å²) in [5.41, 5.74) is 6.93. The lowest BCUT2D eigenvalue weighted by Gasteiger charge is -2.22. The van der Waals surface area contributed by atoms with Crippen molar-refractivity contribution in [1.29, 1.82) is 0 Å². The van der Waals surface area contributed by atoms with Gasteiger partial charge in [-0.1, -0.05) is 18.2 Å². The number of benzene rings is 1. The van der Waals surface area contributed by atoms with Crippen molar-refractivity contribution in [3.8, 4) is 0 Å². The van der Waals surface area contributed by atoms with Crippen LogP contribution in [0.3, 0.4) is 0 Å². The van der Waals surface area contributed by atoms with Gasteiger partial charge in [0.1, 0.15) is 0 Å². The van der Waals surface area contributed by atoms with Gasteiger partial charge < -0.3 is 15.6 Å². The average molecular weight is 465 g/mol. The summed E-state index contributed by atoms with van der Waals surface area (Å²) in [5, 5.41) is 7.76. The maximum absolute atomic E-state index is 13.7. The Balaban J connectivity index is 0.000000162. The number of aromatic amines is 1. The average Bonchev–Trinajstić information content (AvgIpc) is 3.55. The van der Waals surface area contributed by atoms with Gasteiger partial charge in [-0.25, -0.2) is 15.2 Å². The minimum Gasteiger partial charge on any atom is -0.403 e. The van der Waals surface area contributed by atoms with Crippen LogP contribution in [0.5, 0.6) is 0 Å². The molecule has 2 aliphatic heterocycles. The third-order valence-electron chi connectivity index (χ3n) is 5.74. The fourth-order valence-electron chi connectivity index (χ4n) is 4.15. The highest BCUT2D eigenvalue weighted by Gasteiger charge is 2.39. The van der Waals surface area contributed by atoms with Gasteiger partial charge in [0.15, 0.2) is 17.4 Å². The highest BCUT2D eigenvalue weighted by atomic mass is 19.1. The van der Waals surface area contributed by atoms with Crippen LogP contribution in [0.25, 0.3) is 10.9 Å². The number of rotatable bonds is 5. The molecule has 2 aromatic heterocycles. The number of H-pyrrole nitrogens is 1. The molecule has 34 heavy (non-hydrogen) atoms. The fourth-order valence-corrected chi connectivity index (χ4v) is 4.15. The first-order valence-electron chi connectivity index (χ1n) is 10.6. The Kier molecular flexibility index (Phi) is 6.55. The number of anilines is 2. The smallest absolute Gasteiger partial charge is 0.209 e. The summed E-state index contributed by atoms with van der Waals surface area (Å²) in [4.78, 5) is 30.6. The number of hydrogen-bond donors (Lipinski definition) is 3. The van der Waals surface area contributed by atoms with Gasteiger partial charge in [-0.3, -0.25) is 19.6 Å². The van der Waals surface area contributed by atoms with Crippen LogP contribution in [0.15, 0.2) is 60.2 Å². The van der Waals surface area contributed by atoms with Gasteiger partial charge in [-0.15, -0.1) is 0 Å². The minimum absolute atomic E-state index is 0.174. The van der Waals surface area contributed by atoms with E-state index < -0.39 is 5.82 Å². The molecule has 3 aromatic rings. The molecule has 0 bridgehead atoms. The first-order chi connectivity index (χ1) is 16.4. The number of para-hydroxylation sites is 1. The largest absolute Gasteiger partial charge is 0.403 e. The molecule has 1 fully saturated rings. The lowest BCUT2D eigenvalue weighted by atomic mass is 10.1. The monoisotopic (exact) mass is 464 g/mol. The molecule has 1 aromatic carbocycles. The number of hydrazone groups is 1. The molecular weight excluding hydrogens is 439 g/mol. The lowest BCUT2D eigenvalue weighted by molar-refractivity contribution is -0.117. The van der Waals surface area contributed by atoms with Crippen LogP contribution in [0, 0.1) is 11.7 Å². The second-order valence-corrected chi connectivity index (χ2v) is 7.92. The number of Topliss-reactive ketones (excluding diaryl/α,β-unsaturated/α-hetero) is 1. The lowest BCUT2D eigenvalue weighted by Crippen LogP contribution is -2.33. The van der Waals surface area contributed by atoms with E-state index in [1.807, 2.05) is 46.5 Å². The standard InChI is InChI=1S/C12H13N3O.C11H12FN5O/c16-9-14-7-10-6-13-15(12(10)8-14)11-4-2-1-3-5-11;1-6(18)7-4-15-10-9(7)8(12)5-16-11(10)17(14)3-2-13/h1-6,9-10,12H,7-8H2;2-5,15H,13-14H2,1H3/b;3-2-. The molecule has 1 saturated heterocycles. The molecule has 0 spiro atoms. The number of ketones is 1. The molecular formula is C23H25FN8O2. The van der Waals surface area contributed by atoms with Crippen molar-refractivity contribution < 1.29 is 14.0 Å². The number of carbonyl (C=O) groups excluding carboxylic acids is 2. The van der Waals surface area contributed by atoms with Crippen LogP contribution < -0.4 is 21.6 Å². The second-order valence-electron chi connectivity index (χ2n) is 7.92. The normalized spacial score (nSPS) is 18.8. The maximum Gasteiger partial charge on any atom is 0.209 e. The fraction of sp³-hybridized carbons (Fsp3) is 0.217. The molecule has 11 heteroatoms. The topological polar surface area (TPSA) is 137 Å². The van der Waals surface area contributed by atoms with E-state index in [1.165, 1.54) is 25.5 Å². The first-order valence-corrected chi connectivity index (χ1v) is 10.6. The van der Waals surface area contributed by atoms with Gasteiger partial charge in [0.05, 0.1) is 28.8 Å². The SMILES string of the molecule is CC(=O)c1c[nH]c2c(N(N)/C=C\N)ncc(F)c12.O=CN1CC2C=NN(c3ccccc3)C2C1.